The summed E-state index contributed by atoms with van der Waals surface area (Å²) in [6.07, 6.45) is 2.93. The average Bonchev–Trinajstić information content (AvgIpc) is 2.65. The van der Waals surface area contributed by atoms with Crippen LogP contribution in [0.5, 0.6) is 5.75 Å². The van der Waals surface area contributed by atoms with E-state index in [4.69, 9.17) is 14.4 Å². The topological polar surface area (TPSA) is 67.8 Å². The molecule has 0 aromatic heterocycles. The largest absolute Gasteiger partial charge is 0.433 e. The molecule has 2 aromatic carbocycles. The summed E-state index contributed by atoms with van der Waals surface area (Å²) in [4.78, 5) is 0. The molecule has 0 amide bonds. The molecule has 1 unspecified atom stereocenters. The van der Waals surface area contributed by atoms with Gasteiger partial charge in [-0.2, -0.15) is 0 Å². The van der Waals surface area contributed by atoms with Gasteiger partial charge in [-0.05, 0) is 50.1 Å². The highest BCUT2D eigenvalue weighted by molar-refractivity contribution is 7.57. The fourth-order valence-electron chi connectivity index (χ4n) is 2.61. The van der Waals surface area contributed by atoms with Gasteiger partial charge in [0.1, 0.15) is 5.75 Å². The molecule has 6 heteroatoms. The van der Waals surface area contributed by atoms with Gasteiger partial charge in [-0.3, -0.25) is 4.57 Å². The first kappa shape index (κ1) is 21.6. The van der Waals surface area contributed by atoms with Crippen molar-refractivity contribution in [1.82, 2.24) is 5.09 Å². The number of allylic oxidation sites excluding steroid dienone is 1. The van der Waals surface area contributed by atoms with Crippen molar-refractivity contribution in [2.45, 2.75) is 33.3 Å². The first-order valence-corrected chi connectivity index (χ1v) is 11.1. The first-order valence-electron chi connectivity index (χ1n) is 9.32. The van der Waals surface area contributed by atoms with E-state index in [-0.39, 0.29) is 12.7 Å². The van der Waals surface area contributed by atoms with E-state index in [1.165, 1.54) is 0 Å². The molecular formula is C21H30NO4P. The van der Waals surface area contributed by atoms with Crippen LogP contribution in [0.3, 0.4) is 0 Å². The maximum absolute atomic E-state index is 13.4. The van der Waals surface area contributed by atoms with Gasteiger partial charge >= 0.3 is 7.52 Å². The Hall–Kier alpha value is -1.65. The Kier molecular flexibility index (Phi) is 8.52. The molecule has 2 N–H and O–H groups in total. The van der Waals surface area contributed by atoms with Crippen LogP contribution in [-0.2, 0) is 9.30 Å². The first-order chi connectivity index (χ1) is 12.9. The van der Waals surface area contributed by atoms with Crippen molar-refractivity contribution in [2.24, 2.45) is 0 Å². The molecule has 0 spiro atoms. The van der Waals surface area contributed by atoms with Gasteiger partial charge in [-0.25, -0.2) is 5.09 Å². The highest BCUT2D eigenvalue weighted by Gasteiger charge is 2.23. The minimum atomic E-state index is -3.10. The molecule has 0 saturated heterocycles. The third-order valence-corrected chi connectivity index (χ3v) is 6.10. The van der Waals surface area contributed by atoms with Crippen LogP contribution in [-0.4, -0.2) is 37.1 Å². The van der Waals surface area contributed by atoms with Gasteiger partial charge in [0.2, 0.25) is 0 Å². The number of benzene rings is 2. The number of rotatable bonds is 11. The molecule has 0 bridgehead atoms. The fraction of sp³-hybridized carbons (Fsp3) is 0.429. The number of nitrogens with one attached hydrogen (secondary N) is 1. The van der Waals surface area contributed by atoms with Crippen LogP contribution >= 0.6 is 7.52 Å². The Bertz CT molecular complexity index is 804. The molecule has 0 fully saturated rings. The molecular weight excluding hydrogens is 361 g/mol. The highest BCUT2D eigenvalue weighted by atomic mass is 31.2. The molecule has 0 saturated carbocycles. The molecule has 0 aliphatic heterocycles. The van der Waals surface area contributed by atoms with Crippen molar-refractivity contribution >= 4 is 18.3 Å². The second kappa shape index (κ2) is 10.6. The number of aliphatic hydroxyl groups excluding tert-OH is 1. The van der Waals surface area contributed by atoms with E-state index in [1.54, 1.807) is 0 Å². The van der Waals surface area contributed by atoms with E-state index in [2.05, 4.69) is 5.09 Å². The van der Waals surface area contributed by atoms with Crippen molar-refractivity contribution in [3.8, 4) is 5.75 Å². The molecule has 0 aliphatic rings. The summed E-state index contributed by atoms with van der Waals surface area (Å²) in [5.74, 6) is 0.581. The molecule has 0 aliphatic carbocycles. The molecule has 2 rings (SSSR count). The number of fused-ring (bicyclic) bond motifs is 1. The third kappa shape index (κ3) is 7.47. The zero-order chi connectivity index (χ0) is 19.7. The van der Waals surface area contributed by atoms with E-state index in [9.17, 15) is 4.57 Å². The maximum Gasteiger partial charge on any atom is 0.317 e. The summed E-state index contributed by atoms with van der Waals surface area (Å²) in [5, 5.41) is 14.3. The quantitative estimate of drug-likeness (QED) is 0.329. The Labute approximate surface area is 161 Å². The lowest BCUT2D eigenvalue weighted by Gasteiger charge is -2.21. The van der Waals surface area contributed by atoms with Gasteiger partial charge in [0.15, 0.2) is 0 Å². The number of hydrogen-bond donors (Lipinski definition) is 2. The second-order valence-corrected chi connectivity index (χ2v) is 9.12. The van der Waals surface area contributed by atoms with Gasteiger partial charge in [0, 0.05) is 6.54 Å². The van der Waals surface area contributed by atoms with Crippen LogP contribution in [0.4, 0.5) is 0 Å². The molecule has 5 nitrogen and oxygen atoms in total. The second-order valence-electron chi connectivity index (χ2n) is 6.82. The lowest BCUT2D eigenvalue weighted by molar-refractivity contribution is 0.0830. The Balaban J connectivity index is 2.09. The van der Waals surface area contributed by atoms with Gasteiger partial charge in [-0.1, -0.05) is 42.0 Å². The summed E-state index contributed by atoms with van der Waals surface area (Å²) in [5.41, 5.74) is 0.857. The van der Waals surface area contributed by atoms with E-state index in [0.717, 1.165) is 16.3 Å². The smallest absolute Gasteiger partial charge is 0.317 e. The number of ether oxygens (including phenoxy) is 1. The van der Waals surface area contributed by atoms with E-state index >= 15 is 0 Å². The van der Waals surface area contributed by atoms with E-state index in [0.29, 0.717) is 31.5 Å². The standard InChI is InChI=1S/C21H30NO4P/c1-17(2)25-13-12-22-27(24,14-6-7-18(3)16-23)26-21-11-10-19-8-4-5-9-20(19)15-21/h4-5,7-11,15,17,23H,6,12-14,16H2,1-3H3,(H,22,24)/b18-7+. The van der Waals surface area contributed by atoms with Gasteiger partial charge in [0.25, 0.3) is 0 Å². The van der Waals surface area contributed by atoms with E-state index in [1.807, 2.05) is 69.3 Å². The van der Waals surface area contributed by atoms with Crippen molar-refractivity contribution in [1.29, 1.82) is 0 Å². The summed E-state index contributed by atoms with van der Waals surface area (Å²) in [6.45, 7) is 6.70. The molecule has 0 radical (unpaired) electrons. The van der Waals surface area contributed by atoms with Gasteiger partial charge in [-0.15, -0.1) is 0 Å². The molecule has 0 heterocycles. The molecule has 148 valence electrons. The number of hydrogen-bond acceptors (Lipinski definition) is 4. The predicted molar refractivity (Wildman–Crippen MR) is 112 cm³/mol. The minimum absolute atomic E-state index is 0.00545. The zero-order valence-electron chi connectivity index (χ0n) is 16.4. The van der Waals surface area contributed by atoms with Gasteiger partial charge in [0.05, 0.1) is 25.5 Å². The third-order valence-electron chi connectivity index (χ3n) is 4.05. The summed E-state index contributed by atoms with van der Waals surface area (Å²) in [6, 6.07) is 13.7. The minimum Gasteiger partial charge on any atom is -0.433 e. The summed E-state index contributed by atoms with van der Waals surface area (Å²) >= 11 is 0. The van der Waals surface area contributed by atoms with Crippen molar-refractivity contribution in [3.63, 3.8) is 0 Å². The van der Waals surface area contributed by atoms with Crippen LogP contribution in [0.15, 0.2) is 54.1 Å². The Morgan fingerprint density at radius 3 is 2.67 bits per heavy atom. The van der Waals surface area contributed by atoms with Crippen LogP contribution in [0.25, 0.3) is 10.8 Å². The normalized spacial score (nSPS) is 14.5. The van der Waals surface area contributed by atoms with Crippen molar-refractivity contribution in [3.05, 3.63) is 54.1 Å². The SMILES string of the molecule is C/C(=C\CCP(=O)(NCCOC(C)C)Oc1ccc2ccccc2c1)CO. The van der Waals surface area contributed by atoms with Crippen LogP contribution < -0.4 is 9.61 Å². The zero-order valence-corrected chi connectivity index (χ0v) is 17.2. The van der Waals surface area contributed by atoms with Crippen LogP contribution in [0.2, 0.25) is 0 Å². The fourth-order valence-corrected chi connectivity index (χ4v) is 4.28. The Morgan fingerprint density at radius 1 is 1.22 bits per heavy atom. The average molecular weight is 391 g/mol. The monoisotopic (exact) mass is 391 g/mol. The van der Waals surface area contributed by atoms with Gasteiger partial charge < -0.3 is 14.4 Å². The maximum atomic E-state index is 13.4. The lowest BCUT2D eigenvalue weighted by Crippen LogP contribution is -2.22. The molecule has 2 aromatic rings. The highest BCUT2D eigenvalue weighted by Crippen LogP contribution is 2.44. The molecule has 1 atom stereocenters. The Morgan fingerprint density at radius 2 is 1.96 bits per heavy atom. The van der Waals surface area contributed by atoms with E-state index < -0.39 is 7.52 Å². The van der Waals surface area contributed by atoms with Crippen molar-refractivity contribution < 1.29 is 18.9 Å². The van der Waals surface area contributed by atoms with Crippen LogP contribution in [0.1, 0.15) is 27.2 Å². The van der Waals surface area contributed by atoms with Crippen molar-refractivity contribution in [2.75, 3.05) is 25.9 Å². The van der Waals surface area contributed by atoms with Crippen LogP contribution in [0, 0.1) is 0 Å². The predicted octanol–water partition coefficient (Wildman–Crippen LogP) is 4.76. The lowest BCUT2D eigenvalue weighted by atomic mass is 10.1. The number of aliphatic hydroxyl groups is 1. The summed E-state index contributed by atoms with van der Waals surface area (Å²) < 4.78 is 24.8. The summed E-state index contributed by atoms with van der Waals surface area (Å²) in [7, 11) is -3.10. The molecule has 27 heavy (non-hydrogen) atoms.